The Labute approximate surface area is 207 Å². The average Bonchev–Trinajstić information content (AvgIpc) is 3.36. The maximum atomic E-state index is 13.1. The summed E-state index contributed by atoms with van der Waals surface area (Å²) in [7, 11) is 0. The molecule has 1 spiro atoms. The number of nitrogens with zero attached hydrogens (tertiary/aromatic N) is 3. The van der Waals surface area contributed by atoms with E-state index in [2.05, 4.69) is 4.98 Å². The van der Waals surface area contributed by atoms with Gasteiger partial charge in [-0.1, -0.05) is 18.2 Å². The van der Waals surface area contributed by atoms with Crippen LogP contribution < -0.4 is 4.74 Å². The molecular weight excluding hydrogens is 475 g/mol. The second kappa shape index (κ2) is 9.72. The Morgan fingerprint density at radius 3 is 2.53 bits per heavy atom. The second-order valence-corrected chi connectivity index (χ2v) is 9.77. The number of ether oxygens (including phenoxy) is 2. The van der Waals surface area contributed by atoms with E-state index in [-0.39, 0.29) is 12.5 Å². The first kappa shape index (κ1) is 24.5. The number of benzene rings is 1. The van der Waals surface area contributed by atoms with Crippen LogP contribution in [0.5, 0.6) is 5.75 Å². The lowest BCUT2D eigenvalue weighted by atomic mass is 9.69. The largest absolute Gasteiger partial charge is 0.493 e. The highest BCUT2D eigenvalue weighted by molar-refractivity contribution is 5.94. The quantitative estimate of drug-likeness (QED) is 0.594. The molecular formula is C26H28F3N3O4. The zero-order valence-electron chi connectivity index (χ0n) is 19.8. The SMILES string of the molecule is O=C(c1ccncc1)N1CCC2(CCN(Cc3cccc4c3OCC4)CC2OC(=O)C(F)(F)F)CC1. The number of halogens is 3. The minimum absolute atomic E-state index is 0.133. The number of fused-ring (bicyclic) bond motifs is 1. The van der Waals surface area contributed by atoms with Gasteiger partial charge in [-0.3, -0.25) is 14.7 Å². The first-order chi connectivity index (χ1) is 17.2. The number of amides is 1. The molecule has 0 bridgehead atoms. The van der Waals surface area contributed by atoms with Gasteiger partial charge in [-0.2, -0.15) is 13.2 Å². The van der Waals surface area contributed by atoms with Crippen LogP contribution in [0.1, 0.15) is 40.7 Å². The third kappa shape index (κ3) is 4.91. The van der Waals surface area contributed by atoms with Crippen LogP contribution in [0.25, 0.3) is 0 Å². The van der Waals surface area contributed by atoms with Crippen molar-refractivity contribution < 1.29 is 32.2 Å². The number of alkyl halides is 3. The van der Waals surface area contributed by atoms with E-state index in [1.54, 1.807) is 29.4 Å². The van der Waals surface area contributed by atoms with Crippen LogP contribution in [0.4, 0.5) is 13.2 Å². The normalized spacial score (nSPS) is 21.6. The van der Waals surface area contributed by atoms with E-state index in [9.17, 15) is 22.8 Å². The Morgan fingerprint density at radius 1 is 1.08 bits per heavy atom. The standard InChI is InChI=1S/C26H28F3N3O4/c27-26(28,29)24(34)36-21-17-31(16-20-3-1-2-18-6-15-35-22(18)20)12-7-25(21)8-13-32(14-9-25)23(33)19-4-10-30-11-5-19/h1-5,10-11,21H,6-9,12-17H2. The monoisotopic (exact) mass is 503 g/mol. The van der Waals surface area contributed by atoms with Crippen LogP contribution in [0.15, 0.2) is 42.7 Å². The van der Waals surface area contributed by atoms with Crippen molar-refractivity contribution in [3.8, 4) is 5.75 Å². The summed E-state index contributed by atoms with van der Waals surface area (Å²) < 4.78 is 50.4. The first-order valence-electron chi connectivity index (χ1n) is 12.2. The molecule has 1 amide bonds. The molecule has 2 fully saturated rings. The van der Waals surface area contributed by atoms with Gasteiger partial charge < -0.3 is 14.4 Å². The lowest BCUT2D eigenvalue weighted by molar-refractivity contribution is -0.216. The molecule has 1 aromatic carbocycles. The van der Waals surface area contributed by atoms with E-state index in [1.807, 2.05) is 23.1 Å². The predicted octanol–water partition coefficient (Wildman–Crippen LogP) is 3.62. The van der Waals surface area contributed by atoms with E-state index < -0.39 is 23.7 Å². The number of para-hydroxylation sites is 1. The highest BCUT2D eigenvalue weighted by atomic mass is 19.4. The van der Waals surface area contributed by atoms with Gasteiger partial charge in [-0.25, -0.2) is 4.79 Å². The molecule has 3 aliphatic heterocycles. The molecule has 2 aromatic rings. The molecule has 1 aromatic heterocycles. The van der Waals surface area contributed by atoms with E-state index in [1.165, 1.54) is 0 Å². The number of aromatic nitrogens is 1. The van der Waals surface area contributed by atoms with Crippen LogP contribution in [0, 0.1) is 5.41 Å². The minimum atomic E-state index is -5.06. The summed E-state index contributed by atoms with van der Waals surface area (Å²) >= 11 is 0. The van der Waals surface area contributed by atoms with Crippen molar-refractivity contribution in [2.45, 2.75) is 44.5 Å². The van der Waals surface area contributed by atoms with Gasteiger partial charge in [0.25, 0.3) is 5.91 Å². The Morgan fingerprint density at radius 2 is 1.81 bits per heavy atom. The van der Waals surface area contributed by atoms with Crippen molar-refractivity contribution in [2.24, 2.45) is 5.41 Å². The van der Waals surface area contributed by atoms with Gasteiger partial charge in [0.2, 0.25) is 0 Å². The van der Waals surface area contributed by atoms with Gasteiger partial charge in [0.15, 0.2) is 0 Å². The number of rotatable bonds is 4. The van der Waals surface area contributed by atoms with E-state index in [0.29, 0.717) is 57.6 Å². The smallest absolute Gasteiger partial charge is 0.490 e. The topological polar surface area (TPSA) is 72.0 Å². The number of hydrogen-bond acceptors (Lipinski definition) is 6. The van der Waals surface area contributed by atoms with Crippen molar-refractivity contribution >= 4 is 11.9 Å². The summed E-state index contributed by atoms with van der Waals surface area (Å²) in [5.41, 5.74) is 2.03. The molecule has 5 rings (SSSR count). The average molecular weight is 504 g/mol. The molecule has 0 aliphatic carbocycles. The number of piperidine rings is 2. The number of carbonyl (C=O) groups excluding carboxylic acids is 2. The van der Waals surface area contributed by atoms with Crippen molar-refractivity contribution in [2.75, 3.05) is 32.8 Å². The summed E-state index contributed by atoms with van der Waals surface area (Å²) in [6.07, 6.45) is -0.522. The van der Waals surface area contributed by atoms with Crippen LogP contribution in [0.2, 0.25) is 0 Å². The number of likely N-dealkylation sites (tertiary alicyclic amines) is 2. The third-order valence-corrected chi connectivity index (χ3v) is 7.68. The summed E-state index contributed by atoms with van der Waals surface area (Å²) in [6, 6.07) is 9.23. The van der Waals surface area contributed by atoms with Crippen LogP contribution in [-0.4, -0.2) is 71.7 Å². The van der Waals surface area contributed by atoms with Gasteiger partial charge >= 0.3 is 12.1 Å². The number of pyridine rings is 1. The van der Waals surface area contributed by atoms with Gasteiger partial charge in [0.1, 0.15) is 11.9 Å². The third-order valence-electron chi connectivity index (χ3n) is 7.68. The number of hydrogen-bond donors (Lipinski definition) is 0. The maximum Gasteiger partial charge on any atom is 0.490 e. The zero-order valence-corrected chi connectivity index (χ0v) is 19.8. The summed E-state index contributed by atoms with van der Waals surface area (Å²) in [5, 5.41) is 0. The van der Waals surface area contributed by atoms with Crippen LogP contribution in [0.3, 0.4) is 0 Å². The molecule has 4 heterocycles. The number of carbonyl (C=O) groups is 2. The molecule has 0 N–H and O–H groups in total. The molecule has 36 heavy (non-hydrogen) atoms. The van der Waals surface area contributed by atoms with Gasteiger partial charge in [0, 0.05) is 61.5 Å². The zero-order chi connectivity index (χ0) is 25.3. The lowest BCUT2D eigenvalue weighted by Crippen LogP contribution is -2.57. The molecule has 1 atom stereocenters. The molecule has 10 heteroatoms. The highest BCUT2D eigenvalue weighted by Crippen LogP contribution is 2.44. The first-order valence-corrected chi connectivity index (χ1v) is 12.2. The maximum absolute atomic E-state index is 13.1. The fourth-order valence-electron chi connectivity index (χ4n) is 5.62. The molecule has 0 saturated carbocycles. The molecule has 0 radical (unpaired) electrons. The fourth-order valence-corrected chi connectivity index (χ4v) is 5.62. The molecule has 1 unspecified atom stereocenters. The summed E-state index contributed by atoms with van der Waals surface area (Å²) in [6.45, 7) is 2.76. The van der Waals surface area contributed by atoms with Crippen molar-refractivity contribution in [1.29, 1.82) is 0 Å². The van der Waals surface area contributed by atoms with Crippen molar-refractivity contribution in [3.05, 3.63) is 59.4 Å². The molecule has 192 valence electrons. The lowest BCUT2D eigenvalue weighted by Gasteiger charge is -2.51. The minimum Gasteiger partial charge on any atom is -0.493 e. The van der Waals surface area contributed by atoms with Gasteiger partial charge in [-0.15, -0.1) is 0 Å². The fraction of sp³-hybridized carbons (Fsp3) is 0.500. The Hall–Kier alpha value is -3.14. The van der Waals surface area contributed by atoms with E-state index >= 15 is 0 Å². The van der Waals surface area contributed by atoms with Gasteiger partial charge in [0.05, 0.1) is 6.61 Å². The predicted molar refractivity (Wildman–Crippen MR) is 123 cm³/mol. The molecule has 2 saturated heterocycles. The van der Waals surface area contributed by atoms with E-state index in [0.717, 1.165) is 23.3 Å². The van der Waals surface area contributed by atoms with Gasteiger partial charge in [-0.05, 0) is 43.5 Å². The Balaban J connectivity index is 1.31. The van der Waals surface area contributed by atoms with Crippen molar-refractivity contribution in [1.82, 2.24) is 14.8 Å². The van der Waals surface area contributed by atoms with Crippen LogP contribution in [-0.2, 0) is 22.5 Å². The summed E-state index contributed by atoms with van der Waals surface area (Å²) in [5.74, 6) is -1.44. The second-order valence-electron chi connectivity index (χ2n) is 9.77. The molecule has 7 nitrogen and oxygen atoms in total. The van der Waals surface area contributed by atoms with Crippen LogP contribution >= 0.6 is 0 Å². The summed E-state index contributed by atoms with van der Waals surface area (Å²) in [4.78, 5) is 32.4. The Kier molecular flexibility index (Phi) is 6.63. The molecule has 3 aliphatic rings. The Bertz CT molecular complexity index is 1120. The van der Waals surface area contributed by atoms with E-state index in [4.69, 9.17) is 9.47 Å². The number of esters is 1. The van der Waals surface area contributed by atoms with Crippen molar-refractivity contribution in [3.63, 3.8) is 0 Å². The highest BCUT2D eigenvalue weighted by Gasteiger charge is 2.51.